The highest BCUT2D eigenvalue weighted by atomic mass is 15.2. The summed E-state index contributed by atoms with van der Waals surface area (Å²) in [5.41, 5.74) is 5.03. The molecule has 4 heterocycles. The summed E-state index contributed by atoms with van der Waals surface area (Å²) in [5.74, 6) is 1.76. The highest BCUT2D eigenvalue weighted by Crippen LogP contribution is 2.26. The van der Waals surface area contributed by atoms with Crippen LogP contribution < -0.4 is 21.1 Å². The Labute approximate surface area is 188 Å². The van der Waals surface area contributed by atoms with Gasteiger partial charge in [0.2, 0.25) is 0 Å². The topological polar surface area (TPSA) is 70.9 Å². The molecule has 0 amide bonds. The molecule has 32 heavy (non-hydrogen) atoms. The molecule has 0 saturated carbocycles. The first-order valence-corrected chi connectivity index (χ1v) is 10.9. The molecule has 4 aromatic rings. The van der Waals surface area contributed by atoms with Gasteiger partial charge in [-0.2, -0.15) is 5.10 Å². The Hall–Kier alpha value is -3.65. The van der Waals surface area contributed by atoms with Crippen molar-refractivity contribution >= 4 is 41.5 Å². The maximum atomic E-state index is 4.76. The average molecular weight is 423 g/mol. The van der Waals surface area contributed by atoms with Gasteiger partial charge in [0.1, 0.15) is 11.6 Å². The van der Waals surface area contributed by atoms with Crippen molar-refractivity contribution in [2.45, 2.75) is 0 Å². The molecular weight excluding hydrogens is 397 g/mol. The zero-order chi connectivity index (χ0) is 22.1. The number of anilines is 2. The van der Waals surface area contributed by atoms with E-state index in [4.69, 9.17) is 4.98 Å². The molecule has 1 fully saturated rings. The molecule has 3 aromatic heterocycles. The minimum atomic E-state index is 0.781. The summed E-state index contributed by atoms with van der Waals surface area (Å²) in [6.07, 6.45) is 5.75. The molecule has 0 aliphatic carbocycles. The van der Waals surface area contributed by atoms with Crippen molar-refractivity contribution in [2.75, 3.05) is 36.4 Å². The Morgan fingerprint density at radius 2 is 1.97 bits per heavy atom. The zero-order valence-corrected chi connectivity index (χ0v) is 18.5. The van der Waals surface area contributed by atoms with Crippen LogP contribution in [0.1, 0.15) is 5.56 Å². The lowest BCUT2D eigenvalue weighted by atomic mass is 9.94. The number of benzene rings is 1. The number of rotatable bonds is 5. The average Bonchev–Trinajstić information content (AvgIpc) is 3.26. The van der Waals surface area contributed by atoms with Gasteiger partial charge < -0.3 is 15.5 Å². The van der Waals surface area contributed by atoms with Crippen LogP contribution in [0.4, 0.5) is 11.6 Å². The van der Waals surface area contributed by atoms with Crippen molar-refractivity contribution in [1.29, 1.82) is 0 Å². The second kappa shape index (κ2) is 8.47. The number of nitrogens with one attached hydrogen (secondary N) is 2. The zero-order valence-electron chi connectivity index (χ0n) is 18.5. The van der Waals surface area contributed by atoms with E-state index in [9.17, 15) is 0 Å². The van der Waals surface area contributed by atoms with Crippen molar-refractivity contribution < 1.29 is 0 Å². The normalized spacial score (nSPS) is 14.0. The molecule has 0 bridgehead atoms. The molecule has 0 atom stereocenters. The molecule has 5 rings (SSSR count). The fourth-order valence-corrected chi connectivity index (χ4v) is 4.15. The van der Waals surface area contributed by atoms with Crippen molar-refractivity contribution in [3.05, 3.63) is 67.1 Å². The van der Waals surface area contributed by atoms with E-state index in [1.54, 1.807) is 0 Å². The maximum Gasteiger partial charge on any atom is 0.164 e. The molecule has 160 valence electrons. The van der Waals surface area contributed by atoms with E-state index in [2.05, 4.69) is 62.5 Å². The van der Waals surface area contributed by atoms with Crippen LogP contribution in [0.5, 0.6) is 0 Å². The van der Waals surface area contributed by atoms with Crippen LogP contribution in [-0.2, 0) is 7.05 Å². The number of piperazine rings is 1. The van der Waals surface area contributed by atoms with Crippen LogP contribution >= 0.6 is 0 Å². The number of aryl methyl sites for hydroxylation is 1. The third-order valence-electron chi connectivity index (χ3n) is 5.87. The summed E-state index contributed by atoms with van der Waals surface area (Å²) in [6, 6.07) is 12.6. The number of nitrogens with zero attached hydrogens (tertiary/aromatic N) is 5. The highest BCUT2D eigenvalue weighted by molar-refractivity contribution is 6.37. The van der Waals surface area contributed by atoms with Crippen LogP contribution in [-0.4, -0.2) is 53.8 Å². The van der Waals surface area contributed by atoms with Crippen molar-refractivity contribution in [2.24, 2.45) is 7.05 Å². The number of aromatic nitrogens is 4. The van der Waals surface area contributed by atoms with Gasteiger partial charge in [-0.3, -0.25) is 4.68 Å². The van der Waals surface area contributed by atoms with Gasteiger partial charge in [-0.25, -0.2) is 9.97 Å². The number of hydrogen-bond donors (Lipinski definition) is 2. The van der Waals surface area contributed by atoms with Crippen LogP contribution in [0.15, 0.2) is 61.6 Å². The van der Waals surface area contributed by atoms with Gasteiger partial charge in [-0.05, 0) is 40.6 Å². The standard InChI is InChI=1S/C24H26BN7/c1-16(17-5-6-27-23(13-17)32-9-7-26-8-10-32)29-22-12-19-11-18(20-14-28-31(2)15-20)3-4-21(19)24(25)30-22/h3-6,11-15,26H,1,7-10,25H2,2H3,(H,29,30). The Kier molecular flexibility index (Phi) is 5.37. The van der Waals surface area contributed by atoms with Gasteiger partial charge in [-0.1, -0.05) is 18.7 Å². The van der Waals surface area contributed by atoms with E-state index >= 15 is 0 Å². The number of hydrogen-bond acceptors (Lipinski definition) is 6. The summed E-state index contributed by atoms with van der Waals surface area (Å²) >= 11 is 0. The molecule has 0 spiro atoms. The summed E-state index contributed by atoms with van der Waals surface area (Å²) in [5, 5.41) is 13.3. The molecule has 1 saturated heterocycles. The van der Waals surface area contributed by atoms with Crippen molar-refractivity contribution in [3.63, 3.8) is 0 Å². The van der Waals surface area contributed by atoms with Crippen LogP contribution in [0, 0.1) is 0 Å². The Morgan fingerprint density at radius 3 is 2.75 bits per heavy atom. The van der Waals surface area contributed by atoms with Crippen molar-refractivity contribution in [1.82, 2.24) is 25.1 Å². The summed E-state index contributed by atoms with van der Waals surface area (Å²) in [7, 11) is 3.97. The van der Waals surface area contributed by atoms with E-state index < -0.39 is 0 Å². The first-order valence-electron chi connectivity index (χ1n) is 10.9. The van der Waals surface area contributed by atoms with E-state index in [1.807, 2.05) is 44.2 Å². The molecule has 1 aliphatic rings. The van der Waals surface area contributed by atoms with Gasteiger partial charge in [0.05, 0.1) is 6.20 Å². The van der Waals surface area contributed by atoms with Gasteiger partial charge in [0, 0.05) is 68.0 Å². The Bertz CT molecular complexity index is 1290. The lowest BCUT2D eigenvalue weighted by Gasteiger charge is -2.28. The second-order valence-corrected chi connectivity index (χ2v) is 8.17. The van der Waals surface area contributed by atoms with Crippen LogP contribution in [0.25, 0.3) is 27.6 Å². The Balaban J connectivity index is 1.41. The van der Waals surface area contributed by atoms with Gasteiger partial charge in [0.15, 0.2) is 7.85 Å². The maximum absolute atomic E-state index is 4.76. The van der Waals surface area contributed by atoms with E-state index in [-0.39, 0.29) is 0 Å². The molecule has 0 radical (unpaired) electrons. The third-order valence-corrected chi connectivity index (χ3v) is 5.87. The first kappa shape index (κ1) is 20.3. The predicted molar refractivity (Wildman–Crippen MR) is 134 cm³/mol. The monoisotopic (exact) mass is 423 g/mol. The summed E-state index contributed by atoms with van der Waals surface area (Å²) < 4.78 is 1.82. The predicted octanol–water partition coefficient (Wildman–Crippen LogP) is 1.78. The number of pyridine rings is 2. The van der Waals surface area contributed by atoms with Crippen LogP contribution in [0.2, 0.25) is 0 Å². The third kappa shape index (κ3) is 4.09. The van der Waals surface area contributed by atoms with Crippen LogP contribution in [0.3, 0.4) is 0 Å². The molecule has 1 aliphatic heterocycles. The van der Waals surface area contributed by atoms with Gasteiger partial charge in [-0.15, -0.1) is 0 Å². The number of fused-ring (bicyclic) bond motifs is 1. The molecular formula is C24H26BN7. The summed E-state index contributed by atoms with van der Waals surface area (Å²) in [4.78, 5) is 11.6. The minimum Gasteiger partial charge on any atom is -0.354 e. The first-order chi connectivity index (χ1) is 15.6. The minimum absolute atomic E-state index is 0.781. The molecule has 1 aromatic carbocycles. The lowest BCUT2D eigenvalue weighted by molar-refractivity contribution is 0.585. The molecule has 2 N–H and O–H groups in total. The largest absolute Gasteiger partial charge is 0.354 e. The van der Waals surface area contributed by atoms with E-state index in [0.717, 1.165) is 76.6 Å². The fourth-order valence-electron chi connectivity index (χ4n) is 4.15. The van der Waals surface area contributed by atoms with E-state index in [1.165, 1.54) is 0 Å². The Morgan fingerprint density at radius 1 is 1.12 bits per heavy atom. The van der Waals surface area contributed by atoms with E-state index in [0.29, 0.717) is 0 Å². The second-order valence-electron chi connectivity index (χ2n) is 8.17. The summed E-state index contributed by atoms with van der Waals surface area (Å²) in [6.45, 7) is 8.14. The highest BCUT2D eigenvalue weighted by Gasteiger charge is 2.13. The lowest BCUT2D eigenvalue weighted by Crippen LogP contribution is -2.43. The fraction of sp³-hybridized carbons (Fsp3) is 0.208. The SMILES string of the molecule is Bc1nc(NC(=C)c2ccnc(N3CCNCC3)c2)cc2cc(-c3cnn(C)c3)ccc12. The quantitative estimate of drug-likeness (QED) is 0.477. The molecule has 7 nitrogen and oxygen atoms in total. The smallest absolute Gasteiger partial charge is 0.164 e. The van der Waals surface area contributed by atoms with Crippen molar-refractivity contribution in [3.8, 4) is 11.1 Å². The van der Waals surface area contributed by atoms with Gasteiger partial charge in [0.25, 0.3) is 0 Å². The molecule has 8 heteroatoms. The van der Waals surface area contributed by atoms with Gasteiger partial charge >= 0.3 is 0 Å². The molecule has 0 unspecified atom stereocenters.